The van der Waals surface area contributed by atoms with Gasteiger partial charge in [0.1, 0.15) is 5.56 Å². The Morgan fingerprint density at radius 1 is 1.20 bits per heavy atom. The summed E-state index contributed by atoms with van der Waals surface area (Å²) in [6.45, 7) is 3.15. The van der Waals surface area contributed by atoms with E-state index in [2.05, 4.69) is 10.2 Å². The van der Waals surface area contributed by atoms with Crippen LogP contribution in [0.4, 0.5) is 0 Å². The van der Waals surface area contributed by atoms with Gasteiger partial charge >= 0.3 is 0 Å². The number of aromatic amines is 1. The number of benzene rings is 1. The zero-order chi connectivity index (χ0) is 18.6. The first-order valence-corrected chi connectivity index (χ1v) is 10.8. The smallest absolute Gasteiger partial charge is 0.218 e. The summed E-state index contributed by atoms with van der Waals surface area (Å²) in [4.78, 5) is 12.2. The fraction of sp³-hybridized carbons (Fsp3) is 0.333. The summed E-state index contributed by atoms with van der Waals surface area (Å²) in [6.07, 6.45) is 0.384. The van der Waals surface area contributed by atoms with Gasteiger partial charge in [-0.15, -0.1) is 0 Å². The molecule has 1 aliphatic rings. The predicted octanol–water partition coefficient (Wildman–Crippen LogP) is 0.778. The largest absolute Gasteiger partial charge is 0.493 e. The van der Waals surface area contributed by atoms with Gasteiger partial charge in [0.2, 0.25) is 11.7 Å². The maximum Gasteiger partial charge on any atom is 0.218 e. The molecule has 3 rings (SSSR count). The summed E-state index contributed by atoms with van der Waals surface area (Å²) in [7, 11) is -7.52. The quantitative estimate of drug-likeness (QED) is 0.747. The van der Waals surface area contributed by atoms with Crippen molar-refractivity contribution in [3.05, 3.63) is 34.5 Å². The highest BCUT2D eigenvalue weighted by Gasteiger charge is 2.37. The average Bonchev–Trinajstić information content (AvgIpc) is 2.91. The van der Waals surface area contributed by atoms with Gasteiger partial charge in [0, 0.05) is 5.56 Å². The van der Waals surface area contributed by atoms with Crippen LogP contribution in [0.2, 0.25) is 0 Å². The monoisotopic (exact) mass is 384 g/mol. The Bertz CT molecular complexity index is 1100. The van der Waals surface area contributed by atoms with Crippen molar-refractivity contribution in [3.8, 4) is 5.88 Å². The second kappa shape index (κ2) is 5.67. The molecule has 1 aromatic heterocycles. The molecule has 1 aliphatic heterocycles. The van der Waals surface area contributed by atoms with Crippen LogP contribution in [0.15, 0.2) is 21.9 Å². The van der Waals surface area contributed by atoms with Gasteiger partial charge in [0.25, 0.3) is 0 Å². The molecule has 0 radical (unpaired) electrons. The standard InChI is InChI=1S/C15H16N2O6S2/c1-3-10-12(15(19)17-16-10)13(18)9-4-5-11-14(8(9)2)25(22,23)7-6-24(11,20)21/h4-5H,3,6-7H2,1-2H3,(H2,16,17,19). The van der Waals surface area contributed by atoms with Gasteiger partial charge in [-0.1, -0.05) is 6.92 Å². The molecule has 2 heterocycles. The van der Waals surface area contributed by atoms with Crippen molar-refractivity contribution in [2.24, 2.45) is 0 Å². The Hall–Kier alpha value is -2.20. The van der Waals surface area contributed by atoms with Crippen LogP contribution in [-0.4, -0.2) is 49.4 Å². The molecule has 10 heteroatoms. The Morgan fingerprint density at radius 2 is 1.84 bits per heavy atom. The summed E-state index contributed by atoms with van der Waals surface area (Å²) in [5.74, 6) is -2.01. The minimum absolute atomic E-state index is 0.0193. The van der Waals surface area contributed by atoms with Gasteiger partial charge in [0.15, 0.2) is 19.7 Å². The third-order valence-electron chi connectivity index (χ3n) is 4.27. The number of carbonyl (C=O) groups excluding carboxylic acids is 1. The number of ketones is 1. The van der Waals surface area contributed by atoms with E-state index in [-0.39, 0.29) is 26.5 Å². The Kier molecular flexibility index (Phi) is 3.99. The molecule has 25 heavy (non-hydrogen) atoms. The summed E-state index contributed by atoms with van der Waals surface area (Å²) in [6, 6.07) is 2.42. The summed E-state index contributed by atoms with van der Waals surface area (Å²) < 4.78 is 49.1. The van der Waals surface area contributed by atoms with Crippen LogP contribution >= 0.6 is 0 Å². The number of fused-ring (bicyclic) bond motifs is 1. The van der Waals surface area contributed by atoms with Crippen LogP contribution in [0.5, 0.6) is 5.88 Å². The average molecular weight is 384 g/mol. The van der Waals surface area contributed by atoms with Crippen LogP contribution in [-0.2, 0) is 26.1 Å². The van der Waals surface area contributed by atoms with Crippen molar-refractivity contribution < 1.29 is 26.7 Å². The molecule has 8 nitrogen and oxygen atoms in total. The topological polar surface area (TPSA) is 134 Å². The lowest BCUT2D eigenvalue weighted by Gasteiger charge is -2.20. The highest BCUT2D eigenvalue weighted by Crippen LogP contribution is 2.34. The third kappa shape index (κ3) is 2.65. The van der Waals surface area contributed by atoms with E-state index in [0.717, 1.165) is 6.07 Å². The molecule has 1 aromatic carbocycles. The molecule has 0 atom stereocenters. The first kappa shape index (κ1) is 17.6. The number of hydrogen-bond acceptors (Lipinski definition) is 7. The molecule has 2 N–H and O–H groups in total. The van der Waals surface area contributed by atoms with Crippen LogP contribution in [0.25, 0.3) is 0 Å². The molecular formula is C15H16N2O6S2. The number of hydrogen-bond donors (Lipinski definition) is 2. The van der Waals surface area contributed by atoms with Gasteiger partial charge in [0.05, 0.1) is 27.0 Å². The number of sulfone groups is 2. The molecule has 0 unspecified atom stereocenters. The molecule has 0 aliphatic carbocycles. The number of aromatic hydroxyl groups is 1. The van der Waals surface area contributed by atoms with Gasteiger partial charge in [-0.05, 0) is 31.0 Å². The van der Waals surface area contributed by atoms with Gasteiger partial charge < -0.3 is 5.11 Å². The Morgan fingerprint density at radius 3 is 2.48 bits per heavy atom. The molecule has 2 aromatic rings. The van der Waals surface area contributed by atoms with Gasteiger partial charge in [-0.25, -0.2) is 21.9 Å². The fourth-order valence-electron chi connectivity index (χ4n) is 2.97. The van der Waals surface area contributed by atoms with Crippen molar-refractivity contribution in [2.75, 3.05) is 11.5 Å². The van der Waals surface area contributed by atoms with Crippen LogP contribution in [0, 0.1) is 6.92 Å². The number of carbonyl (C=O) groups is 1. The van der Waals surface area contributed by atoms with E-state index in [1.807, 2.05) is 0 Å². The highest BCUT2D eigenvalue weighted by atomic mass is 32.2. The second-order valence-electron chi connectivity index (χ2n) is 5.78. The summed E-state index contributed by atoms with van der Waals surface area (Å²) >= 11 is 0. The fourth-order valence-corrected chi connectivity index (χ4v) is 7.58. The number of nitrogens with one attached hydrogen (secondary N) is 1. The van der Waals surface area contributed by atoms with Crippen molar-refractivity contribution in [1.82, 2.24) is 10.2 Å². The SMILES string of the molecule is CCc1n[nH]c(O)c1C(=O)c1ccc2c(c1C)S(=O)(=O)CCS2(=O)=O. The molecule has 0 saturated carbocycles. The lowest BCUT2D eigenvalue weighted by atomic mass is 9.98. The maximum absolute atomic E-state index is 12.8. The zero-order valence-electron chi connectivity index (χ0n) is 13.5. The Balaban J connectivity index is 2.28. The van der Waals surface area contributed by atoms with E-state index < -0.39 is 42.8 Å². The lowest BCUT2D eigenvalue weighted by Crippen LogP contribution is -2.27. The van der Waals surface area contributed by atoms with Gasteiger partial charge in [-0.2, -0.15) is 5.10 Å². The molecule has 0 bridgehead atoms. The van der Waals surface area contributed by atoms with Crippen molar-refractivity contribution in [1.29, 1.82) is 0 Å². The molecule has 0 saturated heterocycles. The molecule has 0 fully saturated rings. The van der Waals surface area contributed by atoms with Crippen LogP contribution < -0.4 is 0 Å². The normalized spacial score (nSPS) is 17.8. The number of rotatable bonds is 3. The summed E-state index contributed by atoms with van der Waals surface area (Å²) in [5, 5.41) is 16.0. The van der Waals surface area contributed by atoms with Crippen molar-refractivity contribution >= 4 is 25.5 Å². The molecular weight excluding hydrogens is 368 g/mol. The second-order valence-corrected chi connectivity index (χ2v) is 9.90. The number of nitrogens with zero attached hydrogens (tertiary/aromatic N) is 1. The predicted molar refractivity (Wildman–Crippen MR) is 88.3 cm³/mol. The minimum atomic E-state index is -3.81. The number of H-pyrrole nitrogens is 1. The first-order valence-electron chi connectivity index (χ1n) is 7.50. The van der Waals surface area contributed by atoms with E-state index in [1.54, 1.807) is 6.92 Å². The molecule has 134 valence electrons. The van der Waals surface area contributed by atoms with E-state index >= 15 is 0 Å². The zero-order valence-corrected chi connectivity index (χ0v) is 15.2. The molecule has 0 amide bonds. The van der Waals surface area contributed by atoms with Crippen LogP contribution in [0.1, 0.15) is 34.1 Å². The number of aromatic nitrogens is 2. The Labute approximate surface area is 144 Å². The van der Waals surface area contributed by atoms with E-state index in [4.69, 9.17) is 0 Å². The maximum atomic E-state index is 12.8. The van der Waals surface area contributed by atoms with Crippen molar-refractivity contribution in [3.63, 3.8) is 0 Å². The minimum Gasteiger partial charge on any atom is -0.493 e. The molecule has 0 spiro atoms. The first-order chi connectivity index (χ1) is 11.6. The van der Waals surface area contributed by atoms with E-state index in [0.29, 0.717) is 12.1 Å². The van der Waals surface area contributed by atoms with Crippen molar-refractivity contribution in [2.45, 2.75) is 30.1 Å². The third-order valence-corrected chi connectivity index (χ3v) is 8.29. The lowest BCUT2D eigenvalue weighted by molar-refractivity contribution is 0.103. The van der Waals surface area contributed by atoms with Crippen LogP contribution in [0.3, 0.4) is 0 Å². The highest BCUT2D eigenvalue weighted by molar-refractivity contribution is 7.98. The van der Waals surface area contributed by atoms with Gasteiger partial charge in [-0.3, -0.25) is 4.79 Å². The van der Waals surface area contributed by atoms with E-state index in [1.165, 1.54) is 13.0 Å². The van der Waals surface area contributed by atoms with E-state index in [9.17, 15) is 26.7 Å². The number of aryl methyl sites for hydroxylation is 1. The summed E-state index contributed by atoms with van der Waals surface area (Å²) in [5.41, 5.74) is 0.385.